The van der Waals surface area contributed by atoms with Crippen LogP contribution in [0.3, 0.4) is 0 Å². The summed E-state index contributed by atoms with van der Waals surface area (Å²) in [6, 6.07) is 9.16. The van der Waals surface area contributed by atoms with Crippen molar-refractivity contribution < 1.29 is 4.74 Å². The molecule has 20 heavy (non-hydrogen) atoms. The summed E-state index contributed by atoms with van der Waals surface area (Å²) in [5.74, 6) is 0.981. The van der Waals surface area contributed by atoms with Gasteiger partial charge in [-0.3, -0.25) is 4.90 Å². The topological polar surface area (TPSA) is 24.5 Å². The van der Waals surface area contributed by atoms with E-state index in [0.717, 1.165) is 31.5 Å². The lowest BCUT2D eigenvalue weighted by atomic mass is 10.0. The molecular formula is C17H28N2O. The predicted molar refractivity (Wildman–Crippen MR) is 84.2 cm³/mol. The Kier molecular flexibility index (Phi) is 6.34. The first-order valence-corrected chi connectivity index (χ1v) is 7.94. The maximum Gasteiger partial charge on any atom is 0.119 e. The number of benzene rings is 1. The molecule has 2 rings (SSSR count). The third-order valence-corrected chi connectivity index (χ3v) is 4.17. The van der Waals surface area contributed by atoms with Crippen LogP contribution in [-0.2, 0) is 6.54 Å². The molecule has 1 fully saturated rings. The fourth-order valence-corrected chi connectivity index (χ4v) is 3.01. The molecule has 1 heterocycles. The zero-order chi connectivity index (χ0) is 14.2. The number of rotatable bonds is 7. The summed E-state index contributed by atoms with van der Waals surface area (Å²) in [6.07, 6.45) is 5.35. The van der Waals surface area contributed by atoms with Gasteiger partial charge in [0.1, 0.15) is 12.4 Å². The van der Waals surface area contributed by atoms with Gasteiger partial charge in [-0.05, 0) is 50.6 Å². The second-order valence-electron chi connectivity index (χ2n) is 5.62. The van der Waals surface area contributed by atoms with Crippen LogP contribution >= 0.6 is 0 Å². The van der Waals surface area contributed by atoms with E-state index in [4.69, 9.17) is 4.74 Å². The molecule has 3 heteroatoms. The van der Waals surface area contributed by atoms with E-state index >= 15 is 0 Å². The van der Waals surface area contributed by atoms with Gasteiger partial charge in [0.2, 0.25) is 0 Å². The summed E-state index contributed by atoms with van der Waals surface area (Å²) < 4.78 is 5.87. The number of hydrogen-bond acceptors (Lipinski definition) is 3. The van der Waals surface area contributed by atoms with Gasteiger partial charge in [0.05, 0.1) is 0 Å². The zero-order valence-corrected chi connectivity index (χ0v) is 12.9. The lowest BCUT2D eigenvalue weighted by Gasteiger charge is -2.34. The SMILES string of the molecule is CCC1CCCCN1CCOc1ccc(CNC)cc1. The summed E-state index contributed by atoms with van der Waals surface area (Å²) in [7, 11) is 1.97. The number of nitrogens with zero attached hydrogens (tertiary/aromatic N) is 1. The predicted octanol–water partition coefficient (Wildman–Crippen LogP) is 3.05. The second kappa shape index (κ2) is 8.28. The van der Waals surface area contributed by atoms with Crippen molar-refractivity contribution in [3.63, 3.8) is 0 Å². The number of nitrogens with one attached hydrogen (secondary N) is 1. The van der Waals surface area contributed by atoms with Crippen molar-refractivity contribution in [1.29, 1.82) is 0 Å². The first kappa shape index (κ1) is 15.3. The Morgan fingerprint density at radius 2 is 2.05 bits per heavy atom. The van der Waals surface area contributed by atoms with Gasteiger partial charge in [0.25, 0.3) is 0 Å². The Bertz CT molecular complexity index is 377. The van der Waals surface area contributed by atoms with Crippen molar-refractivity contribution in [2.75, 3.05) is 26.7 Å². The van der Waals surface area contributed by atoms with Crippen LogP contribution in [0.2, 0.25) is 0 Å². The molecule has 1 saturated heterocycles. The van der Waals surface area contributed by atoms with Gasteiger partial charge >= 0.3 is 0 Å². The van der Waals surface area contributed by atoms with Gasteiger partial charge in [0, 0.05) is 19.1 Å². The van der Waals surface area contributed by atoms with Crippen LogP contribution < -0.4 is 10.1 Å². The second-order valence-corrected chi connectivity index (χ2v) is 5.62. The van der Waals surface area contributed by atoms with E-state index in [1.165, 1.54) is 37.8 Å². The molecule has 1 aromatic carbocycles. The van der Waals surface area contributed by atoms with Crippen molar-refractivity contribution in [3.05, 3.63) is 29.8 Å². The molecule has 1 aliphatic heterocycles. The van der Waals surface area contributed by atoms with Gasteiger partial charge in [-0.15, -0.1) is 0 Å². The minimum atomic E-state index is 0.769. The van der Waals surface area contributed by atoms with Crippen molar-refractivity contribution in [2.45, 2.75) is 45.2 Å². The highest BCUT2D eigenvalue weighted by molar-refractivity contribution is 5.27. The van der Waals surface area contributed by atoms with E-state index in [-0.39, 0.29) is 0 Å². The maximum atomic E-state index is 5.87. The summed E-state index contributed by atoms with van der Waals surface area (Å²) in [5, 5.41) is 3.15. The number of piperidine rings is 1. The van der Waals surface area contributed by atoms with E-state index in [1.54, 1.807) is 0 Å². The highest BCUT2D eigenvalue weighted by Gasteiger charge is 2.20. The van der Waals surface area contributed by atoms with Crippen molar-refractivity contribution >= 4 is 0 Å². The normalized spacial score (nSPS) is 20.0. The third-order valence-electron chi connectivity index (χ3n) is 4.17. The summed E-state index contributed by atoms with van der Waals surface area (Å²) in [6.45, 7) is 6.29. The minimum absolute atomic E-state index is 0.769. The Balaban J connectivity index is 1.74. The summed E-state index contributed by atoms with van der Waals surface area (Å²) >= 11 is 0. The fourth-order valence-electron chi connectivity index (χ4n) is 3.01. The van der Waals surface area contributed by atoms with Crippen LogP contribution in [0.1, 0.15) is 38.2 Å². The maximum absolute atomic E-state index is 5.87. The van der Waals surface area contributed by atoms with Crippen molar-refractivity contribution in [2.24, 2.45) is 0 Å². The van der Waals surface area contributed by atoms with Gasteiger partial charge in [-0.2, -0.15) is 0 Å². The Morgan fingerprint density at radius 3 is 2.75 bits per heavy atom. The molecule has 3 nitrogen and oxygen atoms in total. The van der Waals surface area contributed by atoms with Gasteiger partial charge in [-0.25, -0.2) is 0 Å². The quantitative estimate of drug-likeness (QED) is 0.828. The molecule has 0 aromatic heterocycles. The highest BCUT2D eigenvalue weighted by Crippen LogP contribution is 2.19. The molecule has 1 unspecified atom stereocenters. The molecule has 1 atom stereocenters. The average Bonchev–Trinajstić information content (AvgIpc) is 2.50. The lowest BCUT2D eigenvalue weighted by Crippen LogP contribution is -2.41. The molecule has 0 saturated carbocycles. The first-order chi connectivity index (χ1) is 9.83. The molecule has 0 bridgehead atoms. The molecular weight excluding hydrogens is 248 g/mol. The van der Waals surface area contributed by atoms with E-state index in [2.05, 4.69) is 41.4 Å². The molecule has 0 aliphatic carbocycles. The largest absolute Gasteiger partial charge is 0.492 e. The lowest BCUT2D eigenvalue weighted by molar-refractivity contribution is 0.120. The molecule has 0 amide bonds. The standard InChI is InChI=1S/C17H28N2O/c1-3-16-6-4-5-11-19(16)12-13-20-17-9-7-15(8-10-17)14-18-2/h7-10,16,18H,3-6,11-14H2,1-2H3. The van der Waals surface area contributed by atoms with Crippen molar-refractivity contribution in [1.82, 2.24) is 10.2 Å². The molecule has 0 spiro atoms. The summed E-state index contributed by atoms with van der Waals surface area (Å²) in [5.41, 5.74) is 1.29. The monoisotopic (exact) mass is 276 g/mol. The number of hydrogen-bond donors (Lipinski definition) is 1. The van der Waals surface area contributed by atoms with Crippen LogP contribution in [0, 0.1) is 0 Å². The molecule has 0 radical (unpaired) electrons. The summed E-state index contributed by atoms with van der Waals surface area (Å²) in [4.78, 5) is 2.60. The minimum Gasteiger partial charge on any atom is -0.492 e. The first-order valence-electron chi connectivity index (χ1n) is 7.94. The van der Waals surface area contributed by atoms with Crippen LogP contribution in [0.5, 0.6) is 5.75 Å². The third kappa shape index (κ3) is 4.50. The van der Waals surface area contributed by atoms with Crippen LogP contribution in [-0.4, -0.2) is 37.7 Å². The van der Waals surface area contributed by atoms with E-state index in [0.29, 0.717) is 0 Å². The molecule has 112 valence electrons. The number of ether oxygens (including phenoxy) is 1. The Hall–Kier alpha value is -1.06. The fraction of sp³-hybridized carbons (Fsp3) is 0.647. The molecule has 1 aromatic rings. The van der Waals surface area contributed by atoms with Crippen molar-refractivity contribution in [3.8, 4) is 5.75 Å². The smallest absolute Gasteiger partial charge is 0.119 e. The zero-order valence-electron chi connectivity index (χ0n) is 12.9. The van der Waals surface area contributed by atoms with E-state index in [9.17, 15) is 0 Å². The van der Waals surface area contributed by atoms with Crippen LogP contribution in [0.25, 0.3) is 0 Å². The van der Waals surface area contributed by atoms with Gasteiger partial charge in [-0.1, -0.05) is 25.5 Å². The molecule has 1 N–H and O–H groups in total. The highest BCUT2D eigenvalue weighted by atomic mass is 16.5. The van der Waals surface area contributed by atoms with Crippen LogP contribution in [0.4, 0.5) is 0 Å². The van der Waals surface area contributed by atoms with Gasteiger partial charge in [0.15, 0.2) is 0 Å². The van der Waals surface area contributed by atoms with Crippen LogP contribution in [0.15, 0.2) is 24.3 Å². The Labute approximate surface area is 123 Å². The number of likely N-dealkylation sites (tertiary alicyclic amines) is 1. The van der Waals surface area contributed by atoms with E-state index < -0.39 is 0 Å². The average molecular weight is 276 g/mol. The van der Waals surface area contributed by atoms with E-state index in [1.807, 2.05) is 7.05 Å². The van der Waals surface area contributed by atoms with Gasteiger partial charge < -0.3 is 10.1 Å². The molecule has 1 aliphatic rings. The Morgan fingerprint density at radius 1 is 1.25 bits per heavy atom.